The molecule has 0 bridgehead atoms. The molecule has 1 heterocycles. The van der Waals surface area contributed by atoms with Gasteiger partial charge in [-0.2, -0.15) is 0 Å². The third kappa shape index (κ3) is 2.38. The first-order chi connectivity index (χ1) is 7.51. The van der Waals surface area contributed by atoms with Crippen LogP contribution in [0.3, 0.4) is 0 Å². The van der Waals surface area contributed by atoms with E-state index in [-0.39, 0.29) is 16.5 Å². The molecule has 0 saturated carbocycles. The van der Waals surface area contributed by atoms with Crippen LogP contribution in [0, 0.1) is 0 Å². The number of hydrogen-bond acceptors (Lipinski definition) is 4. The fourth-order valence-corrected chi connectivity index (χ4v) is 1.28. The molecule has 0 N–H and O–H groups in total. The number of methoxy groups -OCH3 is 2. The quantitative estimate of drug-likeness (QED) is 0.775. The summed E-state index contributed by atoms with van der Waals surface area (Å²) < 4.78 is 34.0. The van der Waals surface area contributed by atoms with E-state index >= 15 is 0 Å². The first-order valence-corrected chi connectivity index (χ1v) is 4.50. The molecule has 0 atom stereocenters. The van der Waals surface area contributed by atoms with Crippen LogP contribution in [0.25, 0.3) is 0 Å². The van der Waals surface area contributed by atoms with Crippen LogP contribution in [-0.4, -0.2) is 25.2 Å². The molecular formula is C9H8ClF2NO3. The minimum absolute atomic E-state index is 0.0978. The lowest BCUT2D eigenvalue weighted by Crippen LogP contribution is -2.07. The molecular weight excluding hydrogens is 244 g/mol. The smallest absolute Gasteiger partial charge is 0.343 e. The van der Waals surface area contributed by atoms with Crippen molar-refractivity contribution in [3.63, 3.8) is 0 Å². The number of pyridine rings is 1. The van der Waals surface area contributed by atoms with Crippen molar-refractivity contribution in [2.75, 3.05) is 14.2 Å². The van der Waals surface area contributed by atoms with E-state index in [4.69, 9.17) is 16.3 Å². The lowest BCUT2D eigenvalue weighted by Gasteiger charge is -2.09. The van der Waals surface area contributed by atoms with Gasteiger partial charge in [0.15, 0.2) is 0 Å². The number of aromatic nitrogens is 1. The fraction of sp³-hybridized carbons (Fsp3) is 0.333. The Labute approximate surface area is 95.1 Å². The summed E-state index contributed by atoms with van der Waals surface area (Å²) in [6, 6.07) is 1.04. The molecule has 0 saturated heterocycles. The van der Waals surface area contributed by atoms with Crippen molar-refractivity contribution in [1.29, 1.82) is 0 Å². The van der Waals surface area contributed by atoms with E-state index in [2.05, 4.69) is 9.72 Å². The Kier molecular flexibility index (Phi) is 4.00. The molecule has 4 nitrogen and oxygen atoms in total. The second kappa shape index (κ2) is 5.07. The number of rotatable bonds is 3. The molecule has 88 valence electrons. The van der Waals surface area contributed by atoms with Crippen LogP contribution in [0.5, 0.6) is 5.88 Å². The SMILES string of the molecule is COC(=O)c1cc(Cl)c(C(F)F)nc1OC. The molecule has 1 aromatic rings. The van der Waals surface area contributed by atoms with E-state index in [9.17, 15) is 13.6 Å². The Hall–Kier alpha value is -1.43. The maximum absolute atomic E-state index is 12.4. The summed E-state index contributed by atoms with van der Waals surface area (Å²) in [5, 5.41) is -0.309. The summed E-state index contributed by atoms with van der Waals surface area (Å²) in [6.07, 6.45) is -2.84. The molecule has 1 aromatic heterocycles. The van der Waals surface area contributed by atoms with E-state index < -0.39 is 18.1 Å². The van der Waals surface area contributed by atoms with Gasteiger partial charge in [0.2, 0.25) is 5.88 Å². The Morgan fingerprint density at radius 1 is 1.50 bits per heavy atom. The summed E-state index contributed by atoms with van der Waals surface area (Å²) in [6.45, 7) is 0. The minimum Gasteiger partial charge on any atom is -0.480 e. The van der Waals surface area contributed by atoms with Crippen LogP contribution < -0.4 is 4.74 Å². The second-order valence-electron chi connectivity index (χ2n) is 2.70. The predicted octanol–water partition coefficient (Wildman–Crippen LogP) is 2.47. The first-order valence-electron chi connectivity index (χ1n) is 4.12. The highest BCUT2D eigenvalue weighted by molar-refractivity contribution is 6.31. The molecule has 0 radical (unpaired) electrons. The third-order valence-electron chi connectivity index (χ3n) is 1.77. The maximum atomic E-state index is 12.4. The average Bonchev–Trinajstić information content (AvgIpc) is 2.27. The van der Waals surface area contributed by atoms with E-state index in [1.807, 2.05) is 0 Å². The van der Waals surface area contributed by atoms with Crippen LogP contribution in [0.2, 0.25) is 5.02 Å². The molecule has 0 aliphatic heterocycles. The Morgan fingerprint density at radius 2 is 2.12 bits per heavy atom. The van der Waals surface area contributed by atoms with Crippen molar-refractivity contribution < 1.29 is 23.0 Å². The van der Waals surface area contributed by atoms with Gasteiger partial charge in [0, 0.05) is 0 Å². The fourth-order valence-electron chi connectivity index (χ4n) is 1.05. The van der Waals surface area contributed by atoms with E-state index in [0.29, 0.717) is 0 Å². The molecule has 7 heteroatoms. The van der Waals surface area contributed by atoms with Crippen LogP contribution in [0.15, 0.2) is 6.07 Å². The van der Waals surface area contributed by atoms with Gasteiger partial charge >= 0.3 is 5.97 Å². The number of carbonyl (C=O) groups is 1. The van der Waals surface area contributed by atoms with E-state index in [0.717, 1.165) is 13.2 Å². The van der Waals surface area contributed by atoms with Crippen LogP contribution in [0.1, 0.15) is 22.5 Å². The summed E-state index contributed by atoms with van der Waals surface area (Å²) in [7, 11) is 2.36. The van der Waals surface area contributed by atoms with Gasteiger partial charge in [-0.25, -0.2) is 18.6 Å². The van der Waals surface area contributed by atoms with E-state index in [1.54, 1.807) is 0 Å². The van der Waals surface area contributed by atoms with Gasteiger partial charge < -0.3 is 9.47 Å². The normalized spacial score (nSPS) is 10.4. The number of alkyl halides is 2. The zero-order chi connectivity index (χ0) is 12.3. The van der Waals surface area contributed by atoms with Crippen molar-refractivity contribution in [2.45, 2.75) is 6.43 Å². The molecule has 0 aliphatic rings. The average molecular weight is 252 g/mol. The third-order valence-corrected chi connectivity index (χ3v) is 2.08. The molecule has 1 rings (SSSR count). The number of nitrogens with zero attached hydrogens (tertiary/aromatic N) is 1. The highest BCUT2D eigenvalue weighted by Gasteiger charge is 2.22. The maximum Gasteiger partial charge on any atom is 0.343 e. The summed E-state index contributed by atoms with van der Waals surface area (Å²) in [4.78, 5) is 14.7. The Balaban J connectivity index is 3.32. The molecule has 0 spiro atoms. The predicted molar refractivity (Wildman–Crippen MR) is 52.1 cm³/mol. The van der Waals surface area contributed by atoms with Crippen LogP contribution >= 0.6 is 11.6 Å². The summed E-state index contributed by atoms with van der Waals surface area (Å²) >= 11 is 5.55. The number of hydrogen-bond donors (Lipinski definition) is 0. The first kappa shape index (κ1) is 12.6. The van der Waals surface area contributed by atoms with Gasteiger partial charge in [-0.15, -0.1) is 0 Å². The number of halogens is 3. The van der Waals surface area contributed by atoms with Crippen molar-refractivity contribution in [3.8, 4) is 5.88 Å². The van der Waals surface area contributed by atoms with Gasteiger partial charge in [0.1, 0.15) is 11.3 Å². The highest BCUT2D eigenvalue weighted by Crippen LogP contribution is 2.30. The van der Waals surface area contributed by atoms with Crippen molar-refractivity contribution in [2.24, 2.45) is 0 Å². The van der Waals surface area contributed by atoms with Gasteiger partial charge in [-0.3, -0.25) is 0 Å². The topological polar surface area (TPSA) is 48.4 Å². The Morgan fingerprint density at radius 3 is 2.56 bits per heavy atom. The van der Waals surface area contributed by atoms with Gasteiger partial charge in [-0.05, 0) is 6.07 Å². The van der Waals surface area contributed by atoms with Gasteiger partial charge in [0.25, 0.3) is 6.43 Å². The number of esters is 1. The molecule has 0 aliphatic carbocycles. The summed E-state index contributed by atoms with van der Waals surface area (Å²) in [5.74, 6) is -1.00. The van der Waals surface area contributed by atoms with Crippen molar-refractivity contribution in [3.05, 3.63) is 22.3 Å². The van der Waals surface area contributed by atoms with Crippen molar-refractivity contribution in [1.82, 2.24) is 4.98 Å². The lowest BCUT2D eigenvalue weighted by atomic mass is 10.2. The Bertz CT molecular complexity index is 412. The lowest BCUT2D eigenvalue weighted by molar-refractivity contribution is 0.0595. The number of carbonyl (C=O) groups excluding carboxylic acids is 1. The number of ether oxygens (including phenoxy) is 2. The second-order valence-corrected chi connectivity index (χ2v) is 3.11. The molecule has 0 fully saturated rings. The molecule has 0 unspecified atom stereocenters. The van der Waals surface area contributed by atoms with E-state index in [1.165, 1.54) is 7.11 Å². The van der Waals surface area contributed by atoms with Crippen LogP contribution in [0.4, 0.5) is 8.78 Å². The minimum atomic E-state index is -2.84. The van der Waals surface area contributed by atoms with Gasteiger partial charge in [-0.1, -0.05) is 11.6 Å². The zero-order valence-electron chi connectivity index (χ0n) is 8.46. The monoisotopic (exact) mass is 251 g/mol. The van der Waals surface area contributed by atoms with Crippen molar-refractivity contribution >= 4 is 17.6 Å². The largest absolute Gasteiger partial charge is 0.480 e. The zero-order valence-corrected chi connectivity index (χ0v) is 9.22. The standard InChI is InChI=1S/C9H8ClF2NO3/c1-15-8-4(9(14)16-2)3-5(10)6(13-8)7(11)12/h3,7H,1-2H3. The summed E-state index contributed by atoms with van der Waals surface area (Å²) in [5.41, 5.74) is -0.731. The van der Waals surface area contributed by atoms with Crippen LogP contribution in [-0.2, 0) is 4.74 Å². The highest BCUT2D eigenvalue weighted by atomic mass is 35.5. The molecule has 16 heavy (non-hydrogen) atoms. The van der Waals surface area contributed by atoms with Gasteiger partial charge in [0.05, 0.1) is 19.2 Å². The molecule has 0 amide bonds. The molecule has 0 aromatic carbocycles.